The number of aliphatic imine (C=N–C) groups is 1. The van der Waals surface area contributed by atoms with Crippen LogP contribution in [0.2, 0.25) is 10.0 Å². The monoisotopic (exact) mass is 387 g/mol. The van der Waals surface area contributed by atoms with Crippen LogP contribution in [-0.2, 0) is 15.9 Å². The number of halogens is 2. The molecule has 1 aliphatic heterocycles. The van der Waals surface area contributed by atoms with Gasteiger partial charge in [-0.3, -0.25) is 4.99 Å². The van der Waals surface area contributed by atoms with Crippen molar-refractivity contribution < 1.29 is 9.47 Å². The van der Waals surface area contributed by atoms with E-state index in [1.807, 2.05) is 12.1 Å². The van der Waals surface area contributed by atoms with Crippen LogP contribution in [0.4, 0.5) is 0 Å². The highest BCUT2D eigenvalue weighted by atomic mass is 35.5. The van der Waals surface area contributed by atoms with E-state index in [4.69, 9.17) is 32.7 Å². The Balaban J connectivity index is 1.67. The number of nitrogens with zero attached hydrogens (tertiary/aromatic N) is 1. The molecule has 5 nitrogen and oxygen atoms in total. The molecule has 0 spiro atoms. The van der Waals surface area contributed by atoms with E-state index >= 15 is 0 Å². The molecule has 1 saturated heterocycles. The smallest absolute Gasteiger partial charge is 0.191 e. The van der Waals surface area contributed by atoms with Crippen molar-refractivity contribution in [3.8, 4) is 0 Å². The number of nitrogens with one attached hydrogen (secondary N) is 2. The standard InChI is InChI=1S/C18H27Cl2N3O2/c1-2-21-18(22-6-3-8-25-17-5-9-24-13-17)23-7-4-14-10-15(19)12-16(20)11-14/h10-12,17H,2-9,13H2,1H3,(H2,21,22,23). The molecule has 0 amide bonds. The molecule has 1 atom stereocenters. The lowest BCUT2D eigenvalue weighted by Crippen LogP contribution is -2.38. The van der Waals surface area contributed by atoms with Crippen molar-refractivity contribution in [3.05, 3.63) is 33.8 Å². The van der Waals surface area contributed by atoms with Gasteiger partial charge in [0.25, 0.3) is 0 Å². The lowest BCUT2D eigenvalue weighted by atomic mass is 10.1. The fraction of sp³-hybridized carbons (Fsp3) is 0.611. The third-order valence-electron chi connectivity index (χ3n) is 3.79. The first-order valence-corrected chi connectivity index (χ1v) is 9.59. The van der Waals surface area contributed by atoms with Gasteiger partial charge in [-0.2, -0.15) is 0 Å². The van der Waals surface area contributed by atoms with E-state index in [-0.39, 0.29) is 6.10 Å². The average molecular weight is 388 g/mol. The highest BCUT2D eigenvalue weighted by Gasteiger charge is 2.15. The maximum Gasteiger partial charge on any atom is 0.191 e. The average Bonchev–Trinajstić information content (AvgIpc) is 3.07. The molecular formula is C18H27Cl2N3O2. The van der Waals surface area contributed by atoms with Gasteiger partial charge in [0.15, 0.2) is 5.96 Å². The Morgan fingerprint density at radius 3 is 2.76 bits per heavy atom. The normalized spacial score (nSPS) is 17.7. The number of ether oxygens (including phenoxy) is 2. The van der Waals surface area contributed by atoms with Gasteiger partial charge in [-0.1, -0.05) is 23.2 Å². The van der Waals surface area contributed by atoms with E-state index in [9.17, 15) is 0 Å². The zero-order valence-electron chi connectivity index (χ0n) is 14.7. The third kappa shape index (κ3) is 8.27. The van der Waals surface area contributed by atoms with Gasteiger partial charge in [0.1, 0.15) is 0 Å². The number of rotatable bonds is 9. The summed E-state index contributed by atoms with van der Waals surface area (Å²) in [6.45, 7) is 6.63. The van der Waals surface area contributed by atoms with E-state index in [2.05, 4.69) is 22.5 Å². The Bertz CT molecular complexity index is 529. The Kier molecular flexibility index (Phi) is 9.40. The van der Waals surface area contributed by atoms with Crippen molar-refractivity contribution in [2.24, 2.45) is 4.99 Å². The number of hydrogen-bond acceptors (Lipinski definition) is 3. The highest BCUT2D eigenvalue weighted by Crippen LogP contribution is 2.19. The minimum atomic E-state index is 0.264. The van der Waals surface area contributed by atoms with Crippen LogP contribution in [0.15, 0.2) is 23.2 Å². The minimum absolute atomic E-state index is 0.264. The molecule has 25 heavy (non-hydrogen) atoms. The zero-order chi connectivity index (χ0) is 17.9. The number of benzene rings is 1. The first kappa shape index (κ1) is 20.3. The topological polar surface area (TPSA) is 54.9 Å². The van der Waals surface area contributed by atoms with E-state index in [1.54, 1.807) is 6.07 Å². The van der Waals surface area contributed by atoms with Crippen LogP contribution in [-0.4, -0.2) is 51.5 Å². The lowest BCUT2D eigenvalue weighted by molar-refractivity contribution is 0.0424. The fourth-order valence-corrected chi connectivity index (χ4v) is 3.14. The van der Waals surface area contributed by atoms with Gasteiger partial charge < -0.3 is 20.1 Å². The number of guanidine groups is 1. The van der Waals surface area contributed by atoms with Gasteiger partial charge in [0, 0.05) is 42.9 Å². The summed E-state index contributed by atoms with van der Waals surface area (Å²) < 4.78 is 11.0. The Morgan fingerprint density at radius 1 is 1.28 bits per heavy atom. The predicted octanol–water partition coefficient (Wildman–Crippen LogP) is 3.29. The summed E-state index contributed by atoms with van der Waals surface area (Å²) in [5, 5.41) is 7.91. The Hall–Kier alpha value is -1.01. The molecule has 2 rings (SSSR count). The van der Waals surface area contributed by atoms with Gasteiger partial charge in [-0.05, 0) is 49.9 Å². The van der Waals surface area contributed by atoms with Crippen LogP contribution in [0.5, 0.6) is 0 Å². The molecule has 0 bridgehead atoms. The number of hydrogen-bond donors (Lipinski definition) is 2. The maximum atomic E-state index is 6.03. The molecule has 0 aliphatic carbocycles. The van der Waals surface area contributed by atoms with Crippen molar-refractivity contribution >= 4 is 29.2 Å². The Morgan fingerprint density at radius 2 is 2.08 bits per heavy atom. The van der Waals surface area contributed by atoms with Crippen LogP contribution in [0.1, 0.15) is 25.3 Å². The van der Waals surface area contributed by atoms with Crippen LogP contribution in [0.3, 0.4) is 0 Å². The van der Waals surface area contributed by atoms with Gasteiger partial charge >= 0.3 is 0 Å². The summed E-state index contributed by atoms with van der Waals surface area (Å²) in [4.78, 5) is 4.57. The SMILES string of the molecule is CCNC(=NCCCOC1CCOC1)NCCc1cc(Cl)cc(Cl)c1. The van der Waals surface area contributed by atoms with Crippen LogP contribution < -0.4 is 10.6 Å². The lowest BCUT2D eigenvalue weighted by Gasteiger charge is -2.12. The summed E-state index contributed by atoms with van der Waals surface area (Å²) in [7, 11) is 0. The van der Waals surface area contributed by atoms with Crippen molar-refractivity contribution in [1.82, 2.24) is 10.6 Å². The molecule has 2 N–H and O–H groups in total. The zero-order valence-corrected chi connectivity index (χ0v) is 16.2. The molecule has 140 valence electrons. The van der Waals surface area contributed by atoms with E-state index < -0.39 is 0 Å². The molecule has 1 aromatic carbocycles. The van der Waals surface area contributed by atoms with Crippen LogP contribution in [0.25, 0.3) is 0 Å². The molecule has 1 aromatic rings. The fourth-order valence-electron chi connectivity index (χ4n) is 2.57. The largest absolute Gasteiger partial charge is 0.379 e. The molecule has 1 aliphatic rings. The van der Waals surface area contributed by atoms with Crippen molar-refractivity contribution in [1.29, 1.82) is 0 Å². The highest BCUT2D eigenvalue weighted by molar-refractivity contribution is 6.34. The molecular weight excluding hydrogens is 361 g/mol. The Labute approximate surface area is 160 Å². The maximum absolute atomic E-state index is 6.03. The van der Waals surface area contributed by atoms with Gasteiger partial charge in [0.05, 0.1) is 12.7 Å². The molecule has 1 fully saturated rings. The summed E-state index contributed by atoms with van der Waals surface area (Å²) in [5.74, 6) is 0.819. The first-order chi connectivity index (χ1) is 12.2. The second-order valence-corrected chi connectivity index (χ2v) is 6.80. The van der Waals surface area contributed by atoms with Gasteiger partial charge in [-0.25, -0.2) is 0 Å². The summed E-state index contributed by atoms with van der Waals surface area (Å²) in [6, 6.07) is 5.61. The molecule has 7 heteroatoms. The first-order valence-electron chi connectivity index (χ1n) is 8.84. The minimum Gasteiger partial charge on any atom is -0.379 e. The van der Waals surface area contributed by atoms with E-state index in [0.717, 1.165) is 70.2 Å². The molecule has 0 saturated carbocycles. The third-order valence-corrected chi connectivity index (χ3v) is 4.22. The summed E-state index contributed by atoms with van der Waals surface area (Å²) in [6.07, 6.45) is 2.99. The molecule has 0 aromatic heterocycles. The second kappa shape index (κ2) is 11.6. The quantitative estimate of drug-likeness (QED) is 0.387. The molecule has 1 heterocycles. The van der Waals surface area contributed by atoms with Gasteiger partial charge in [0.2, 0.25) is 0 Å². The summed E-state index contributed by atoms with van der Waals surface area (Å²) >= 11 is 12.1. The van der Waals surface area contributed by atoms with E-state index in [1.165, 1.54) is 0 Å². The predicted molar refractivity (Wildman–Crippen MR) is 104 cm³/mol. The molecule has 1 unspecified atom stereocenters. The van der Waals surface area contributed by atoms with Gasteiger partial charge in [-0.15, -0.1) is 0 Å². The molecule has 0 radical (unpaired) electrons. The van der Waals surface area contributed by atoms with Crippen molar-refractivity contribution in [3.63, 3.8) is 0 Å². The van der Waals surface area contributed by atoms with Crippen molar-refractivity contribution in [2.45, 2.75) is 32.3 Å². The van der Waals surface area contributed by atoms with Crippen molar-refractivity contribution in [2.75, 3.05) is 39.5 Å². The summed E-state index contributed by atoms with van der Waals surface area (Å²) in [5.41, 5.74) is 1.10. The second-order valence-electron chi connectivity index (χ2n) is 5.93. The van der Waals surface area contributed by atoms with Crippen LogP contribution >= 0.6 is 23.2 Å². The van der Waals surface area contributed by atoms with E-state index in [0.29, 0.717) is 10.0 Å². The van der Waals surface area contributed by atoms with Crippen LogP contribution in [0, 0.1) is 0 Å².